The Bertz CT molecular complexity index is 988. The van der Waals surface area contributed by atoms with Crippen molar-refractivity contribution in [2.24, 2.45) is 5.92 Å². The lowest BCUT2D eigenvalue weighted by molar-refractivity contribution is 0.102. The molecule has 0 bridgehead atoms. The Morgan fingerprint density at radius 3 is 2.66 bits per heavy atom. The van der Waals surface area contributed by atoms with Gasteiger partial charge in [-0.2, -0.15) is 13.5 Å². The summed E-state index contributed by atoms with van der Waals surface area (Å²) in [7, 11) is -2.17. The second-order valence-electron chi connectivity index (χ2n) is 6.79. The highest BCUT2D eigenvalue weighted by atomic mass is 32.2. The van der Waals surface area contributed by atoms with Crippen molar-refractivity contribution in [1.29, 1.82) is 0 Å². The zero-order valence-electron chi connectivity index (χ0n) is 16.2. The largest absolute Gasteiger partial charge is 0.496 e. The predicted octanol–water partition coefficient (Wildman–Crippen LogP) is 3.32. The molecule has 1 aliphatic rings. The number of rotatable bonds is 6. The first-order valence-electron chi connectivity index (χ1n) is 8.86. The highest BCUT2D eigenvalue weighted by Gasteiger charge is 2.26. The average Bonchev–Trinajstić information content (AvgIpc) is 3.16. The molecule has 1 aliphatic heterocycles. The van der Waals surface area contributed by atoms with Gasteiger partial charge in [-0.15, -0.1) is 0 Å². The Morgan fingerprint density at radius 1 is 1.28 bits per heavy atom. The number of aryl methyl sites for hydroxylation is 1. The van der Waals surface area contributed by atoms with Crippen molar-refractivity contribution in [3.8, 4) is 5.75 Å². The van der Waals surface area contributed by atoms with Crippen LogP contribution in [-0.4, -0.2) is 40.4 Å². The first kappa shape index (κ1) is 23.2. The van der Waals surface area contributed by atoms with Gasteiger partial charge in [0.15, 0.2) is 9.84 Å². The molecule has 9 heteroatoms. The van der Waals surface area contributed by atoms with E-state index in [0.717, 1.165) is 0 Å². The lowest BCUT2D eigenvalue weighted by atomic mass is 10.1. The van der Waals surface area contributed by atoms with Gasteiger partial charge in [-0.25, -0.2) is 12.8 Å². The van der Waals surface area contributed by atoms with Crippen LogP contribution in [0.1, 0.15) is 22.3 Å². The van der Waals surface area contributed by atoms with E-state index in [1.807, 2.05) is 0 Å². The van der Waals surface area contributed by atoms with Crippen LogP contribution in [0.4, 0.5) is 10.1 Å². The third-order valence-electron chi connectivity index (χ3n) is 4.67. The molecular weight excluding hydrogens is 417 g/mol. The standard InChI is InChI=1S/C20H22FNO5S.H2S/c1-13-9-15(3-5-18(13)21)22-20(23)17-10-16(4-6-19(17)26-2)28(24,25)12-14-7-8-27-11-14;/h3-6,9-10,14H,7-8,11-12H2,1-2H3,(H,22,23);1H2/t14-;/m0./s1. The van der Waals surface area contributed by atoms with Crippen LogP contribution < -0.4 is 10.1 Å². The zero-order valence-corrected chi connectivity index (χ0v) is 18.0. The number of anilines is 1. The minimum atomic E-state index is -3.58. The van der Waals surface area contributed by atoms with E-state index in [1.165, 1.54) is 43.5 Å². The topological polar surface area (TPSA) is 81.7 Å². The number of hydrogen-bond donors (Lipinski definition) is 1. The molecule has 29 heavy (non-hydrogen) atoms. The van der Waals surface area contributed by atoms with E-state index in [1.54, 1.807) is 6.92 Å². The van der Waals surface area contributed by atoms with E-state index in [4.69, 9.17) is 9.47 Å². The highest BCUT2D eigenvalue weighted by Crippen LogP contribution is 2.27. The first-order valence-corrected chi connectivity index (χ1v) is 10.5. The molecule has 3 rings (SSSR count). The molecule has 2 aromatic rings. The number of methoxy groups -OCH3 is 1. The van der Waals surface area contributed by atoms with Gasteiger partial charge in [0.25, 0.3) is 5.91 Å². The van der Waals surface area contributed by atoms with E-state index >= 15 is 0 Å². The summed E-state index contributed by atoms with van der Waals surface area (Å²) in [6, 6.07) is 8.40. The maximum absolute atomic E-state index is 13.4. The summed E-state index contributed by atoms with van der Waals surface area (Å²) in [6.45, 7) is 2.58. The second-order valence-corrected chi connectivity index (χ2v) is 8.83. The molecule has 1 heterocycles. The Balaban J connectivity index is 0.00000300. The quantitative estimate of drug-likeness (QED) is 0.744. The molecule has 0 radical (unpaired) electrons. The molecule has 1 atom stereocenters. The lowest BCUT2D eigenvalue weighted by Crippen LogP contribution is -2.18. The molecule has 0 aromatic heterocycles. The van der Waals surface area contributed by atoms with Crippen molar-refractivity contribution < 1.29 is 27.1 Å². The van der Waals surface area contributed by atoms with Crippen LogP contribution in [0.2, 0.25) is 0 Å². The number of hydrogen-bond acceptors (Lipinski definition) is 5. The van der Waals surface area contributed by atoms with Crippen LogP contribution in [0.3, 0.4) is 0 Å². The van der Waals surface area contributed by atoms with Crippen LogP contribution in [0.25, 0.3) is 0 Å². The van der Waals surface area contributed by atoms with Gasteiger partial charge in [0.1, 0.15) is 11.6 Å². The summed E-state index contributed by atoms with van der Waals surface area (Å²) in [5, 5.41) is 2.65. The minimum absolute atomic E-state index is 0. The Labute approximate surface area is 176 Å². The minimum Gasteiger partial charge on any atom is -0.496 e. The number of nitrogens with one attached hydrogen (secondary N) is 1. The monoisotopic (exact) mass is 441 g/mol. The number of halogens is 1. The molecule has 0 saturated carbocycles. The smallest absolute Gasteiger partial charge is 0.259 e. The van der Waals surface area contributed by atoms with E-state index in [-0.39, 0.29) is 47.2 Å². The summed E-state index contributed by atoms with van der Waals surface area (Å²) in [4.78, 5) is 12.8. The molecule has 0 spiro atoms. The third-order valence-corrected chi connectivity index (χ3v) is 6.55. The predicted molar refractivity (Wildman–Crippen MR) is 113 cm³/mol. The van der Waals surface area contributed by atoms with E-state index in [2.05, 4.69) is 5.32 Å². The SMILES string of the molecule is COc1ccc(S(=O)(=O)C[C@H]2CCOC2)cc1C(=O)Nc1ccc(F)c(C)c1.S. The summed E-state index contributed by atoms with van der Waals surface area (Å²) in [5.74, 6) is -0.743. The molecule has 158 valence electrons. The summed E-state index contributed by atoms with van der Waals surface area (Å²) < 4.78 is 49.3. The maximum atomic E-state index is 13.4. The molecule has 0 unspecified atom stereocenters. The number of carbonyl (C=O) groups excluding carboxylic acids is 1. The lowest BCUT2D eigenvalue weighted by Gasteiger charge is -2.13. The van der Waals surface area contributed by atoms with Crippen molar-refractivity contribution in [2.45, 2.75) is 18.2 Å². The van der Waals surface area contributed by atoms with Crippen molar-refractivity contribution in [2.75, 3.05) is 31.4 Å². The zero-order chi connectivity index (χ0) is 20.3. The highest BCUT2D eigenvalue weighted by molar-refractivity contribution is 7.91. The normalized spacial score (nSPS) is 16.2. The second kappa shape index (κ2) is 9.60. The van der Waals surface area contributed by atoms with Crippen molar-refractivity contribution in [1.82, 2.24) is 0 Å². The van der Waals surface area contributed by atoms with Gasteiger partial charge in [0.05, 0.1) is 29.9 Å². The van der Waals surface area contributed by atoms with Crippen LogP contribution >= 0.6 is 13.5 Å². The van der Waals surface area contributed by atoms with Gasteiger partial charge in [-0.05, 0) is 61.2 Å². The summed E-state index contributed by atoms with van der Waals surface area (Å²) in [5.41, 5.74) is 0.885. The van der Waals surface area contributed by atoms with Gasteiger partial charge in [0, 0.05) is 12.3 Å². The molecule has 2 aromatic carbocycles. The van der Waals surface area contributed by atoms with E-state index < -0.39 is 15.7 Å². The number of carbonyl (C=O) groups is 1. The maximum Gasteiger partial charge on any atom is 0.259 e. The Morgan fingerprint density at radius 2 is 2.03 bits per heavy atom. The van der Waals surface area contributed by atoms with E-state index in [0.29, 0.717) is 30.9 Å². The molecule has 6 nitrogen and oxygen atoms in total. The fourth-order valence-corrected chi connectivity index (χ4v) is 4.75. The average molecular weight is 442 g/mol. The first-order chi connectivity index (χ1) is 13.3. The van der Waals surface area contributed by atoms with Crippen LogP contribution in [0.5, 0.6) is 5.75 Å². The fraction of sp³-hybridized carbons (Fsp3) is 0.350. The summed E-state index contributed by atoms with van der Waals surface area (Å²) in [6.07, 6.45) is 0.701. The van der Waals surface area contributed by atoms with Crippen LogP contribution in [0, 0.1) is 18.7 Å². The molecule has 1 saturated heterocycles. The van der Waals surface area contributed by atoms with Crippen LogP contribution in [0.15, 0.2) is 41.3 Å². The van der Waals surface area contributed by atoms with Gasteiger partial charge in [-0.3, -0.25) is 4.79 Å². The van der Waals surface area contributed by atoms with E-state index in [9.17, 15) is 17.6 Å². The Hall–Kier alpha value is -2.10. The number of benzene rings is 2. The van der Waals surface area contributed by atoms with Crippen molar-refractivity contribution in [3.05, 3.63) is 53.3 Å². The number of amides is 1. The van der Waals surface area contributed by atoms with Gasteiger partial charge in [-0.1, -0.05) is 0 Å². The van der Waals surface area contributed by atoms with Gasteiger partial charge < -0.3 is 14.8 Å². The molecule has 1 fully saturated rings. The van der Waals surface area contributed by atoms with Gasteiger partial charge in [0.2, 0.25) is 0 Å². The van der Waals surface area contributed by atoms with Crippen molar-refractivity contribution >= 4 is 34.9 Å². The molecule has 0 aliphatic carbocycles. The Kier molecular flexibility index (Phi) is 7.67. The van der Waals surface area contributed by atoms with Crippen molar-refractivity contribution in [3.63, 3.8) is 0 Å². The molecular formula is C20H24FNO5S2. The van der Waals surface area contributed by atoms with Gasteiger partial charge >= 0.3 is 0 Å². The molecule has 1 amide bonds. The molecule has 1 N–H and O–H groups in total. The third kappa shape index (κ3) is 5.49. The van der Waals surface area contributed by atoms with Crippen LogP contribution in [-0.2, 0) is 14.6 Å². The number of ether oxygens (including phenoxy) is 2. The fourth-order valence-electron chi connectivity index (χ4n) is 3.10. The summed E-state index contributed by atoms with van der Waals surface area (Å²) >= 11 is 0. The number of sulfone groups is 1.